The third-order valence-electron chi connectivity index (χ3n) is 6.83. The number of nitrogens with one attached hydrogen (secondary N) is 1. The molecule has 0 saturated heterocycles. The summed E-state index contributed by atoms with van der Waals surface area (Å²) in [5.74, 6) is 0. The fourth-order valence-electron chi connectivity index (χ4n) is 5.37. The number of hydrogen-bond donors (Lipinski definition) is 1. The first kappa shape index (κ1) is 19.5. The molecule has 1 nitrogen and oxygen atoms in total. The SMILES string of the molecule is N=C(c1ccccc1)c1ccc(C2(c3ccccc3)c3ccccc3-c3ccccc32)cc1. The van der Waals surface area contributed by atoms with Gasteiger partial charge in [-0.3, -0.25) is 5.41 Å². The van der Waals surface area contributed by atoms with Crippen LogP contribution in [0.25, 0.3) is 11.1 Å². The van der Waals surface area contributed by atoms with Crippen LogP contribution in [-0.2, 0) is 5.41 Å². The van der Waals surface area contributed by atoms with Crippen molar-refractivity contribution in [2.45, 2.75) is 5.41 Å². The van der Waals surface area contributed by atoms with Gasteiger partial charge in [0.05, 0.1) is 11.1 Å². The number of benzene rings is 5. The summed E-state index contributed by atoms with van der Waals surface area (Å²) in [6.45, 7) is 0. The van der Waals surface area contributed by atoms with Crippen LogP contribution in [0, 0.1) is 5.41 Å². The average Bonchev–Trinajstić information content (AvgIpc) is 3.21. The molecule has 5 aromatic rings. The summed E-state index contributed by atoms with van der Waals surface area (Å²) in [6.07, 6.45) is 0. The minimum atomic E-state index is -0.387. The summed E-state index contributed by atoms with van der Waals surface area (Å²) in [5.41, 5.74) is 9.68. The molecule has 156 valence electrons. The molecule has 0 aliphatic heterocycles. The summed E-state index contributed by atoms with van der Waals surface area (Å²) >= 11 is 0. The largest absolute Gasteiger partial charge is 0.300 e. The fourth-order valence-corrected chi connectivity index (χ4v) is 5.37. The van der Waals surface area contributed by atoms with Gasteiger partial charge in [-0.25, -0.2) is 0 Å². The first-order valence-electron chi connectivity index (χ1n) is 11.3. The Balaban J connectivity index is 1.59. The zero-order valence-corrected chi connectivity index (χ0v) is 18.2. The highest BCUT2D eigenvalue weighted by molar-refractivity contribution is 6.10. The third-order valence-corrected chi connectivity index (χ3v) is 6.83. The second-order valence-electron chi connectivity index (χ2n) is 8.53. The maximum absolute atomic E-state index is 8.70. The Morgan fingerprint density at radius 2 is 0.848 bits per heavy atom. The van der Waals surface area contributed by atoms with E-state index in [1.807, 2.05) is 30.3 Å². The zero-order valence-electron chi connectivity index (χ0n) is 18.2. The molecule has 0 amide bonds. The number of fused-ring (bicyclic) bond motifs is 3. The van der Waals surface area contributed by atoms with E-state index in [1.54, 1.807) is 0 Å². The predicted molar refractivity (Wildman–Crippen MR) is 136 cm³/mol. The van der Waals surface area contributed by atoms with E-state index < -0.39 is 0 Å². The Kier molecular flexibility index (Phi) is 4.55. The molecule has 5 aromatic carbocycles. The van der Waals surface area contributed by atoms with Crippen molar-refractivity contribution >= 4 is 5.71 Å². The third kappa shape index (κ3) is 2.90. The van der Waals surface area contributed by atoms with Crippen LogP contribution in [0.15, 0.2) is 133 Å². The quantitative estimate of drug-likeness (QED) is 0.286. The van der Waals surface area contributed by atoms with Crippen molar-refractivity contribution in [1.82, 2.24) is 0 Å². The molecule has 0 saturated carbocycles. The van der Waals surface area contributed by atoms with Crippen LogP contribution in [0.4, 0.5) is 0 Å². The molecule has 0 atom stereocenters. The highest BCUT2D eigenvalue weighted by Gasteiger charge is 2.45. The molecule has 0 aromatic heterocycles. The van der Waals surface area contributed by atoms with E-state index in [2.05, 4.69) is 103 Å². The summed E-state index contributed by atoms with van der Waals surface area (Å²) < 4.78 is 0. The van der Waals surface area contributed by atoms with Crippen LogP contribution in [0.1, 0.15) is 33.4 Å². The van der Waals surface area contributed by atoms with Gasteiger partial charge in [-0.15, -0.1) is 0 Å². The zero-order chi connectivity index (χ0) is 22.3. The van der Waals surface area contributed by atoms with Crippen molar-refractivity contribution in [2.75, 3.05) is 0 Å². The number of hydrogen-bond acceptors (Lipinski definition) is 1. The van der Waals surface area contributed by atoms with Gasteiger partial charge in [0.25, 0.3) is 0 Å². The minimum absolute atomic E-state index is 0.387. The fraction of sp³-hybridized carbons (Fsp3) is 0.0312. The van der Waals surface area contributed by atoms with Crippen LogP contribution in [-0.4, -0.2) is 5.71 Å². The lowest BCUT2D eigenvalue weighted by Crippen LogP contribution is -2.28. The summed E-state index contributed by atoms with van der Waals surface area (Å²) in [5, 5.41) is 8.70. The van der Waals surface area contributed by atoms with Crippen LogP contribution in [0.3, 0.4) is 0 Å². The smallest absolute Gasteiger partial charge is 0.0713 e. The molecule has 1 heteroatoms. The highest BCUT2D eigenvalue weighted by Crippen LogP contribution is 2.55. The van der Waals surface area contributed by atoms with Gasteiger partial charge in [0.15, 0.2) is 0 Å². The monoisotopic (exact) mass is 421 g/mol. The lowest BCUT2D eigenvalue weighted by atomic mass is 9.67. The molecule has 6 rings (SSSR count). The van der Waals surface area contributed by atoms with Crippen molar-refractivity contribution in [3.63, 3.8) is 0 Å². The Hall–Kier alpha value is -4.23. The van der Waals surface area contributed by atoms with Gasteiger partial charge in [0, 0.05) is 5.56 Å². The number of rotatable bonds is 4. The topological polar surface area (TPSA) is 23.9 Å². The van der Waals surface area contributed by atoms with E-state index in [0.29, 0.717) is 5.71 Å². The summed E-state index contributed by atoms with van der Waals surface area (Å²) in [7, 11) is 0. The van der Waals surface area contributed by atoms with Gasteiger partial charge in [0.2, 0.25) is 0 Å². The predicted octanol–water partition coefficient (Wildman–Crippen LogP) is 7.47. The van der Waals surface area contributed by atoms with Crippen molar-refractivity contribution in [3.05, 3.63) is 167 Å². The molecule has 0 bridgehead atoms. The Morgan fingerprint density at radius 1 is 0.424 bits per heavy atom. The molecule has 1 N–H and O–H groups in total. The Labute approximate surface area is 194 Å². The molecule has 1 aliphatic rings. The van der Waals surface area contributed by atoms with E-state index in [9.17, 15) is 0 Å². The molecule has 33 heavy (non-hydrogen) atoms. The lowest BCUT2D eigenvalue weighted by Gasteiger charge is -2.34. The normalized spacial score (nSPS) is 13.2. The molecule has 0 unspecified atom stereocenters. The van der Waals surface area contributed by atoms with E-state index in [4.69, 9.17) is 5.41 Å². The van der Waals surface area contributed by atoms with E-state index >= 15 is 0 Å². The van der Waals surface area contributed by atoms with E-state index in [1.165, 1.54) is 33.4 Å². The Bertz CT molecular complexity index is 1400. The first-order valence-corrected chi connectivity index (χ1v) is 11.3. The van der Waals surface area contributed by atoms with Gasteiger partial charge in [-0.05, 0) is 38.9 Å². The summed E-state index contributed by atoms with van der Waals surface area (Å²) in [6, 6.07) is 46.9. The van der Waals surface area contributed by atoms with E-state index in [0.717, 1.165) is 11.1 Å². The van der Waals surface area contributed by atoms with Crippen LogP contribution >= 0.6 is 0 Å². The average molecular weight is 422 g/mol. The molecule has 0 fully saturated rings. The first-order chi connectivity index (χ1) is 16.3. The molecule has 0 heterocycles. The lowest BCUT2D eigenvalue weighted by molar-refractivity contribution is 0.768. The summed E-state index contributed by atoms with van der Waals surface area (Å²) in [4.78, 5) is 0. The maximum Gasteiger partial charge on any atom is 0.0713 e. The van der Waals surface area contributed by atoms with Crippen LogP contribution in [0.2, 0.25) is 0 Å². The molecular weight excluding hydrogens is 398 g/mol. The van der Waals surface area contributed by atoms with Gasteiger partial charge in [-0.2, -0.15) is 0 Å². The second-order valence-corrected chi connectivity index (χ2v) is 8.53. The van der Waals surface area contributed by atoms with Crippen molar-refractivity contribution in [1.29, 1.82) is 5.41 Å². The van der Waals surface area contributed by atoms with Gasteiger partial charge in [-0.1, -0.05) is 133 Å². The van der Waals surface area contributed by atoms with E-state index in [-0.39, 0.29) is 5.41 Å². The molecule has 0 spiro atoms. The van der Waals surface area contributed by atoms with Crippen LogP contribution in [0.5, 0.6) is 0 Å². The van der Waals surface area contributed by atoms with Gasteiger partial charge < -0.3 is 0 Å². The minimum Gasteiger partial charge on any atom is -0.300 e. The molecule has 0 radical (unpaired) electrons. The molecular formula is C32H23N. The van der Waals surface area contributed by atoms with Gasteiger partial charge >= 0.3 is 0 Å². The van der Waals surface area contributed by atoms with Gasteiger partial charge in [0.1, 0.15) is 0 Å². The van der Waals surface area contributed by atoms with Crippen molar-refractivity contribution < 1.29 is 0 Å². The molecule has 1 aliphatic carbocycles. The van der Waals surface area contributed by atoms with Crippen molar-refractivity contribution in [2.24, 2.45) is 0 Å². The van der Waals surface area contributed by atoms with Crippen LogP contribution < -0.4 is 0 Å². The van der Waals surface area contributed by atoms with Crippen molar-refractivity contribution in [3.8, 4) is 11.1 Å². The Morgan fingerprint density at radius 3 is 1.42 bits per heavy atom. The second kappa shape index (κ2) is 7.72. The highest BCUT2D eigenvalue weighted by atomic mass is 14.5. The standard InChI is InChI=1S/C32H23N/c33-31(23-11-3-1-4-12-23)24-19-21-26(22-20-24)32(25-13-5-2-6-14-25)29-17-9-7-15-27(29)28-16-8-10-18-30(28)32/h1-22,33H. The maximum atomic E-state index is 8.70.